The maximum Gasteiger partial charge on any atom is 0.242 e. The molecule has 0 spiro atoms. The lowest BCUT2D eigenvalue weighted by atomic mass is 10.00. The normalized spacial score (nSPS) is 14.0. The second-order valence-electron chi connectivity index (χ2n) is 5.38. The summed E-state index contributed by atoms with van der Waals surface area (Å²) in [6.07, 6.45) is -2.61. The van der Waals surface area contributed by atoms with Gasteiger partial charge in [-0.3, -0.25) is 0 Å². The van der Waals surface area contributed by atoms with E-state index in [1.165, 1.54) is 6.07 Å². The van der Waals surface area contributed by atoms with Crippen molar-refractivity contribution in [2.75, 3.05) is 0 Å². The van der Waals surface area contributed by atoms with E-state index in [2.05, 4.69) is 0 Å². The van der Waals surface area contributed by atoms with Crippen LogP contribution in [0.3, 0.4) is 0 Å². The van der Waals surface area contributed by atoms with Gasteiger partial charge < -0.3 is 0 Å². The number of sulfone groups is 1. The Labute approximate surface area is 120 Å². The summed E-state index contributed by atoms with van der Waals surface area (Å²) in [5.74, 6) is 0.173. The molecule has 1 atom stereocenters. The fraction of sp³-hybridized carbons (Fsp3) is 0.600. The minimum atomic E-state index is -3.54. The fourth-order valence-electron chi connectivity index (χ4n) is 2.00. The molecular weight excluding hydrogens is 282 g/mol. The van der Waals surface area contributed by atoms with E-state index in [-0.39, 0.29) is 16.4 Å². The van der Waals surface area contributed by atoms with Crippen molar-refractivity contribution in [1.29, 1.82) is 0 Å². The molecule has 1 unspecified atom stereocenters. The highest BCUT2D eigenvalue weighted by molar-refractivity contribution is 7.92. The predicted octanol–water partition coefficient (Wildman–Crippen LogP) is 4.19. The molecule has 0 saturated carbocycles. The van der Waals surface area contributed by atoms with Crippen LogP contribution < -0.4 is 0 Å². The van der Waals surface area contributed by atoms with Gasteiger partial charge in [0.15, 0.2) is 9.84 Å². The Balaban J connectivity index is 3.39. The first-order chi connectivity index (χ1) is 9.20. The van der Waals surface area contributed by atoms with E-state index in [0.29, 0.717) is 6.42 Å². The van der Waals surface area contributed by atoms with Gasteiger partial charge in [-0.1, -0.05) is 32.9 Å². The van der Waals surface area contributed by atoms with Gasteiger partial charge in [0.05, 0.1) is 10.1 Å². The molecule has 0 radical (unpaired) electrons. The first-order valence-electron chi connectivity index (χ1n) is 6.85. The number of halogens is 2. The first-order valence-corrected chi connectivity index (χ1v) is 8.39. The summed E-state index contributed by atoms with van der Waals surface area (Å²) in [4.78, 5) is 0.0524. The lowest BCUT2D eigenvalue weighted by Gasteiger charge is -2.17. The molecule has 0 aliphatic carbocycles. The van der Waals surface area contributed by atoms with Gasteiger partial charge in [0.25, 0.3) is 0 Å². The van der Waals surface area contributed by atoms with Crippen molar-refractivity contribution >= 4 is 9.84 Å². The second kappa shape index (κ2) is 6.66. The summed E-state index contributed by atoms with van der Waals surface area (Å²) >= 11 is 0. The van der Waals surface area contributed by atoms with Gasteiger partial charge in [-0.15, -0.1) is 0 Å². The molecule has 0 aliphatic heterocycles. The molecule has 114 valence electrons. The number of rotatable bonds is 6. The molecule has 1 aromatic carbocycles. The minimum Gasteiger partial charge on any atom is -0.223 e. The number of alkyl halides is 2. The van der Waals surface area contributed by atoms with Crippen LogP contribution >= 0.6 is 0 Å². The van der Waals surface area contributed by atoms with Crippen LogP contribution in [0.1, 0.15) is 51.2 Å². The van der Waals surface area contributed by atoms with Crippen molar-refractivity contribution in [1.82, 2.24) is 0 Å². The van der Waals surface area contributed by atoms with Gasteiger partial charge in [-0.2, -0.15) is 0 Å². The van der Waals surface area contributed by atoms with Crippen molar-refractivity contribution in [3.63, 3.8) is 0 Å². The van der Waals surface area contributed by atoms with Gasteiger partial charge >= 0.3 is 0 Å². The highest BCUT2D eigenvalue weighted by atomic mass is 32.2. The lowest BCUT2D eigenvalue weighted by Crippen LogP contribution is -2.19. The van der Waals surface area contributed by atoms with E-state index in [4.69, 9.17) is 0 Å². The van der Waals surface area contributed by atoms with Crippen molar-refractivity contribution in [2.45, 2.75) is 63.0 Å². The first kappa shape index (κ1) is 17.1. The quantitative estimate of drug-likeness (QED) is 0.789. The molecule has 0 heterocycles. The lowest BCUT2D eigenvalue weighted by molar-refractivity contribution is 0.148. The molecule has 0 bridgehead atoms. The van der Waals surface area contributed by atoms with E-state index >= 15 is 0 Å². The Bertz CT molecular complexity index is 551. The molecule has 0 N–H and O–H groups in total. The van der Waals surface area contributed by atoms with Crippen molar-refractivity contribution in [3.8, 4) is 0 Å². The summed E-state index contributed by atoms with van der Waals surface area (Å²) in [6.45, 7) is 7.28. The molecule has 1 rings (SSSR count). The molecule has 1 aromatic rings. The Hall–Kier alpha value is -0.970. The molecule has 2 nitrogen and oxygen atoms in total. The molecule has 0 aromatic heterocycles. The highest BCUT2D eigenvalue weighted by Gasteiger charge is 2.26. The zero-order valence-corrected chi connectivity index (χ0v) is 13.2. The Morgan fingerprint density at radius 3 is 2.20 bits per heavy atom. The third-order valence-corrected chi connectivity index (χ3v) is 5.94. The molecule has 0 fully saturated rings. The van der Waals surface area contributed by atoms with E-state index in [0.717, 1.165) is 5.56 Å². The Kier molecular flexibility index (Phi) is 5.68. The van der Waals surface area contributed by atoms with Crippen LogP contribution in [0, 0.1) is 0 Å². The third kappa shape index (κ3) is 3.78. The second-order valence-corrected chi connectivity index (χ2v) is 7.72. The maximum absolute atomic E-state index is 12.7. The number of hydrogen-bond donors (Lipinski definition) is 0. The highest BCUT2D eigenvalue weighted by Crippen LogP contribution is 2.27. The standard InChI is InChI=1S/C15H22F2O2S/c1-5-11(4)20(18,19)14-7-6-12(10(2)3)8-13(14)9-15(16)17/h6-8,10-11,15H,5,9H2,1-4H3. The van der Waals surface area contributed by atoms with Gasteiger partial charge in [0, 0.05) is 6.42 Å². The monoisotopic (exact) mass is 304 g/mol. The zero-order valence-electron chi connectivity index (χ0n) is 12.4. The van der Waals surface area contributed by atoms with Gasteiger partial charge in [-0.05, 0) is 36.5 Å². The topological polar surface area (TPSA) is 34.1 Å². The predicted molar refractivity (Wildman–Crippen MR) is 77.2 cm³/mol. The SMILES string of the molecule is CCC(C)S(=O)(=O)c1ccc(C(C)C)cc1CC(F)F. The van der Waals surface area contributed by atoms with Crippen molar-refractivity contribution < 1.29 is 17.2 Å². The maximum atomic E-state index is 12.7. The van der Waals surface area contributed by atoms with E-state index in [1.54, 1.807) is 26.0 Å². The molecule has 5 heteroatoms. The van der Waals surface area contributed by atoms with Crippen molar-refractivity contribution in [3.05, 3.63) is 29.3 Å². The van der Waals surface area contributed by atoms with Gasteiger partial charge in [0.2, 0.25) is 6.43 Å². The fourth-order valence-corrected chi connectivity index (χ4v) is 3.64. The average molecular weight is 304 g/mol. The third-order valence-electron chi connectivity index (χ3n) is 3.54. The van der Waals surface area contributed by atoms with E-state index in [9.17, 15) is 17.2 Å². The smallest absolute Gasteiger partial charge is 0.223 e. The summed E-state index contributed by atoms with van der Waals surface area (Å²) in [7, 11) is -3.54. The van der Waals surface area contributed by atoms with Crippen LogP contribution in [0.15, 0.2) is 23.1 Å². The van der Waals surface area contributed by atoms with Crippen LogP contribution in [-0.4, -0.2) is 20.1 Å². The van der Waals surface area contributed by atoms with E-state index < -0.39 is 27.9 Å². The van der Waals surface area contributed by atoms with Crippen LogP contribution in [0.2, 0.25) is 0 Å². The molecular formula is C15H22F2O2S. The Morgan fingerprint density at radius 2 is 1.75 bits per heavy atom. The largest absolute Gasteiger partial charge is 0.242 e. The average Bonchev–Trinajstić information content (AvgIpc) is 2.36. The minimum absolute atomic E-state index is 0.0524. The summed E-state index contributed by atoms with van der Waals surface area (Å²) in [5.41, 5.74) is 1.11. The molecule has 20 heavy (non-hydrogen) atoms. The number of hydrogen-bond acceptors (Lipinski definition) is 2. The summed E-state index contributed by atoms with van der Waals surface area (Å²) < 4.78 is 50.2. The van der Waals surface area contributed by atoms with Crippen molar-refractivity contribution in [2.24, 2.45) is 0 Å². The van der Waals surface area contributed by atoms with Gasteiger partial charge in [0.1, 0.15) is 0 Å². The van der Waals surface area contributed by atoms with Crippen LogP contribution in [0.5, 0.6) is 0 Å². The Morgan fingerprint density at radius 1 is 1.15 bits per heavy atom. The molecule has 0 aliphatic rings. The van der Waals surface area contributed by atoms with E-state index in [1.807, 2.05) is 13.8 Å². The zero-order chi connectivity index (χ0) is 15.5. The van der Waals surface area contributed by atoms with Crippen LogP contribution in [-0.2, 0) is 16.3 Å². The molecule has 0 saturated heterocycles. The molecule has 0 amide bonds. The van der Waals surface area contributed by atoms with Crippen LogP contribution in [0.25, 0.3) is 0 Å². The van der Waals surface area contributed by atoms with Crippen LogP contribution in [0.4, 0.5) is 8.78 Å². The van der Waals surface area contributed by atoms with Gasteiger partial charge in [-0.25, -0.2) is 17.2 Å². The summed E-state index contributed by atoms with van der Waals surface area (Å²) in [6, 6.07) is 4.80. The summed E-state index contributed by atoms with van der Waals surface area (Å²) in [5, 5.41) is -0.566. The number of benzene rings is 1.